The smallest absolute Gasteiger partial charge is 0.334 e. The number of ether oxygens (including phenoxy) is 1. The maximum absolute atomic E-state index is 12.3. The van der Waals surface area contributed by atoms with E-state index >= 15 is 0 Å². The van der Waals surface area contributed by atoms with Crippen LogP contribution in [0.4, 0.5) is 0 Å². The molecule has 1 N–H and O–H groups in total. The summed E-state index contributed by atoms with van der Waals surface area (Å²) in [5.74, 6) is -1.37. The zero-order valence-electron chi connectivity index (χ0n) is 21.9. The monoisotopic (exact) mass is 462 g/mol. The summed E-state index contributed by atoms with van der Waals surface area (Å²) in [4.78, 5) is 23.4. The molecule has 0 aromatic heterocycles. The van der Waals surface area contributed by atoms with Gasteiger partial charge in [0.15, 0.2) is 0 Å². The minimum Gasteiger partial charge on any atom is -0.478 e. The topological polar surface area (TPSA) is 63.6 Å². The van der Waals surface area contributed by atoms with Gasteiger partial charge in [0.2, 0.25) is 0 Å². The molecular formula is C29H50O4. The lowest BCUT2D eigenvalue weighted by Gasteiger charge is -2.15. The van der Waals surface area contributed by atoms with Crippen molar-refractivity contribution in [2.24, 2.45) is 0 Å². The zero-order valence-corrected chi connectivity index (χ0v) is 21.9. The summed E-state index contributed by atoms with van der Waals surface area (Å²) in [6.07, 6.45) is 26.6. The van der Waals surface area contributed by atoms with Gasteiger partial charge in [-0.25, -0.2) is 9.59 Å². The molecule has 0 aliphatic carbocycles. The summed E-state index contributed by atoms with van der Waals surface area (Å²) in [5.41, 5.74) is 0.722. The van der Waals surface area contributed by atoms with Crippen molar-refractivity contribution in [2.45, 2.75) is 137 Å². The first-order valence-corrected chi connectivity index (χ1v) is 13.3. The molecule has 0 heterocycles. The minimum atomic E-state index is -0.978. The minimum absolute atomic E-state index is 0.212. The van der Waals surface area contributed by atoms with Gasteiger partial charge in [0, 0.05) is 11.1 Å². The molecule has 0 rings (SSSR count). The Bertz CT molecular complexity index is 601. The van der Waals surface area contributed by atoms with Crippen LogP contribution in [-0.2, 0) is 14.3 Å². The lowest BCUT2D eigenvalue weighted by atomic mass is 10.0. The summed E-state index contributed by atoms with van der Waals surface area (Å²) in [7, 11) is 0. The molecule has 1 atom stereocenters. The molecule has 0 aliphatic heterocycles. The molecule has 0 radical (unpaired) electrons. The lowest BCUT2D eigenvalue weighted by molar-refractivity contribution is -0.142. The number of carbonyl (C=O) groups excluding carboxylic acids is 1. The SMILES string of the molecule is CC=CC=C(C)C(=O)OC(C=C(C)C(=O)O)CCCCCCCCCCCCCCCCC. The second kappa shape index (κ2) is 22.0. The van der Waals surface area contributed by atoms with Crippen LogP contribution in [-0.4, -0.2) is 23.1 Å². The first-order chi connectivity index (χ1) is 15.9. The Morgan fingerprint density at radius 2 is 1.21 bits per heavy atom. The summed E-state index contributed by atoms with van der Waals surface area (Å²) in [6, 6.07) is 0. The van der Waals surface area contributed by atoms with E-state index in [0.717, 1.165) is 12.8 Å². The van der Waals surface area contributed by atoms with Crippen molar-refractivity contribution in [3.63, 3.8) is 0 Å². The van der Waals surface area contributed by atoms with E-state index in [0.29, 0.717) is 12.0 Å². The van der Waals surface area contributed by atoms with Crippen molar-refractivity contribution in [3.05, 3.63) is 35.5 Å². The first kappa shape index (κ1) is 31.2. The number of aliphatic carboxylic acids is 1. The Hall–Kier alpha value is -1.84. The second-order valence-corrected chi connectivity index (χ2v) is 9.21. The Labute approximate surface area is 203 Å². The van der Waals surface area contributed by atoms with E-state index < -0.39 is 18.0 Å². The van der Waals surface area contributed by atoms with Crippen LogP contribution in [0.15, 0.2) is 35.5 Å². The molecule has 4 nitrogen and oxygen atoms in total. The Morgan fingerprint density at radius 3 is 1.64 bits per heavy atom. The number of allylic oxidation sites excluding steroid dienone is 3. The summed E-state index contributed by atoms with van der Waals surface area (Å²) in [5, 5.41) is 9.16. The van der Waals surface area contributed by atoms with E-state index in [9.17, 15) is 9.59 Å². The zero-order chi connectivity index (χ0) is 24.7. The Morgan fingerprint density at radius 1 is 0.758 bits per heavy atom. The van der Waals surface area contributed by atoms with Gasteiger partial charge in [0.25, 0.3) is 0 Å². The number of esters is 1. The number of hydrogen-bond donors (Lipinski definition) is 1. The van der Waals surface area contributed by atoms with E-state index in [1.165, 1.54) is 90.4 Å². The maximum atomic E-state index is 12.3. The molecule has 4 heteroatoms. The first-order valence-electron chi connectivity index (χ1n) is 13.3. The van der Waals surface area contributed by atoms with Gasteiger partial charge < -0.3 is 9.84 Å². The number of carboxylic acids is 1. The highest BCUT2D eigenvalue weighted by molar-refractivity contribution is 5.89. The van der Waals surface area contributed by atoms with E-state index in [1.807, 2.05) is 13.0 Å². The standard InChI is InChI=1S/C29H50O4/c1-5-7-9-10-11-12-13-14-15-16-17-18-19-20-21-23-27(24-26(4)28(30)31)33-29(32)25(3)22-8-6-2/h6,8,22,24,27H,5,7,9-21,23H2,1-4H3,(H,30,31). The van der Waals surface area contributed by atoms with Crippen LogP contribution < -0.4 is 0 Å². The molecule has 0 bridgehead atoms. The van der Waals surface area contributed by atoms with E-state index in [2.05, 4.69) is 6.92 Å². The number of hydrogen-bond acceptors (Lipinski definition) is 3. The van der Waals surface area contributed by atoms with Crippen LogP contribution in [0.25, 0.3) is 0 Å². The van der Waals surface area contributed by atoms with Crippen molar-refractivity contribution in [3.8, 4) is 0 Å². The van der Waals surface area contributed by atoms with Crippen molar-refractivity contribution < 1.29 is 19.4 Å². The Balaban J connectivity index is 4.02. The summed E-state index contributed by atoms with van der Waals surface area (Å²) < 4.78 is 5.57. The second-order valence-electron chi connectivity index (χ2n) is 9.21. The molecule has 0 spiro atoms. The summed E-state index contributed by atoms with van der Waals surface area (Å²) >= 11 is 0. The van der Waals surface area contributed by atoms with Crippen LogP contribution in [0.3, 0.4) is 0 Å². The van der Waals surface area contributed by atoms with E-state index in [-0.39, 0.29) is 5.57 Å². The quantitative estimate of drug-likeness (QED) is 0.0801. The van der Waals surface area contributed by atoms with Gasteiger partial charge >= 0.3 is 11.9 Å². The van der Waals surface area contributed by atoms with Crippen molar-refractivity contribution in [2.75, 3.05) is 0 Å². The van der Waals surface area contributed by atoms with Crippen molar-refractivity contribution in [1.29, 1.82) is 0 Å². The van der Waals surface area contributed by atoms with Crippen LogP contribution in [0.2, 0.25) is 0 Å². The average Bonchev–Trinajstić information content (AvgIpc) is 2.79. The fraction of sp³-hybridized carbons (Fsp3) is 0.724. The third-order valence-corrected chi connectivity index (χ3v) is 5.98. The van der Waals surface area contributed by atoms with Gasteiger partial charge in [-0.05, 0) is 39.7 Å². The molecule has 1 unspecified atom stereocenters. The molecular weight excluding hydrogens is 412 g/mol. The van der Waals surface area contributed by atoms with Crippen LogP contribution >= 0.6 is 0 Å². The van der Waals surface area contributed by atoms with Gasteiger partial charge in [-0.2, -0.15) is 0 Å². The highest BCUT2D eigenvalue weighted by atomic mass is 16.5. The van der Waals surface area contributed by atoms with E-state index in [4.69, 9.17) is 9.84 Å². The molecule has 0 aromatic rings. The van der Waals surface area contributed by atoms with Crippen LogP contribution in [0.1, 0.15) is 130 Å². The van der Waals surface area contributed by atoms with Crippen LogP contribution in [0.5, 0.6) is 0 Å². The highest BCUT2D eigenvalue weighted by Gasteiger charge is 2.15. The Kier molecular flexibility index (Phi) is 20.8. The number of unbranched alkanes of at least 4 members (excludes halogenated alkanes) is 14. The predicted octanol–water partition coefficient (Wildman–Crippen LogP) is 8.71. The highest BCUT2D eigenvalue weighted by Crippen LogP contribution is 2.16. The van der Waals surface area contributed by atoms with Crippen molar-refractivity contribution >= 4 is 11.9 Å². The average molecular weight is 463 g/mol. The largest absolute Gasteiger partial charge is 0.478 e. The molecule has 0 saturated heterocycles. The number of rotatable bonds is 21. The van der Waals surface area contributed by atoms with Gasteiger partial charge in [-0.3, -0.25) is 0 Å². The molecule has 0 aromatic carbocycles. The normalized spacial score (nSPS) is 13.5. The number of carboxylic acid groups (broad SMARTS) is 1. The van der Waals surface area contributed by atoms with Gasteiger partial charge in [0.1, 0.15) is 6.10 Å². The molecule has 33 heavy (non-hydrogen) atoms. The van der Waals surface area contributed by atoms with Gasteiger partial charge in [0.05, 0.1) is 0 Å². The summed E-state index contributed by atoms with van der Waals surface area (Å²) in [6.45, 7) is 7.40. The molecule has 0 aliphatic rings. The third-order valence-electron chi connectivity index (χ3n) is 5.98. The molecule has 0 amide bonds. The fourth-order valence-corrected chi connectivity index (χ4v) is 3.78. The van der Waals surface area contributed by atoms with Crippen LogP contribution in [0, 0.1) is 0 Å². The fourth-order valence-electron chi connectivity index (χ4n) is 3.78. The molecule has 190 valence electrons. The van der Waals surface area contributed by atoms with Gasteiger partial charge in [-0.1, -0.05) is 115 Å². The predicted molar refractivity (Wildman–Crippen MR) is 139 cm³/mol. The maximum Gasteiger partial charge on any atom is 0.334 e. The van der Waals surface area contributed by atoms with Gasteiger partial charge in [-0.15, -0.1) is 0 Å². The van der Waals surface area contributed by atoms with Crippen molar-refractivity contribution in [1.82, 2.24) is 0 Å². The molecule has 0 saturated carbocycles. The number of carbonyl (C=O) groups is 2. The lowest BCUT2D eigenvalue weighted by Crippen LogP contribution is -2.18. The molecule has 0 fully saturated rings. The third kappa shape index (κ3) is 19.3. The van der Waals surface area contributed by atoms with E-state index in [1.54, 1.807) is 25.2 Å².